The summed E-state index contributed by atoms with van der Waals surface area (Å²) in [5, 5.41) is 14.1. The molecule has 0 aromatic carbocycles. The monoisotopic (exact) mass is 297 g/mol. The van der Waals surface area contributed by atoms with Crippen LogP contribution in [0.3, 0.4) is 0 Å². The summed E-state index contributed by atoms with van der Waals surface area (Å²) in [4.78, 5) is 13.0. The molecule has 0 amide bonds. The highest BCUT2D eigenvalue weighted by Gasteiger charge is 2.24. The molecule has 0 aliphatic heterocycles. The largest absolute Gasteiger partial charge is 0.367 e. The predicted molar refractivity (Wildman–Crippen MR) is 80.5 cm³/mol. The first-order valence-corrected chi connectivity index (χ1v) is 7.28. The smallest absolute Gasteiger partial charge is 0.245 e. The van der Waals surface area contributed by atoms with Crippen molar-refractivity contribution in [2.75, 3.05) is 17.2 Å². The molecule has 0 saturated heterocycles. The van der Waals surface area contributed by atoms with Crippen LogP contribution in [-0.4, -0.2) is 37.9 Å². The lowest BCUT2D eigenvalue weighted by Gasteiger charge is -2.10. The van der Waals surface area contributed by atoms with Gasteiger partial charge in [0, 0.05) is 25.0 Å². The summed E-state index contributed by atoms with van der Waals surface area (Å²) in [6, 6.07) is 4.46. The van der Waals surface area contributed by atoms with Gasteiger partial charge in [-0.25, -0.2) is 14.6 Å². The fourth-order valence-electron chi connectivity index (χ4n) is 2.15. The second-order valence-electron chi connectivity index (χ2n) is 5.29. The van der Waals surface area contributed by atoms with Crippen LogP contribution in [-0.2, 0) is 6.42 Å². The molecule has 4 rings (SSSR count). The van der Waals surface area contributed by atoms with Crippen LogP contribution in [0.2, 0.25) is 0 Å². The number of hydrogen-bond donors (Lipinski definition) is 2. The first-order chi connectivity index (χ1) is 10.9. The van der Waals surface area contributed by atoms with E-state index in [9.17, 15) is 0 Å². The lowest BCUT2D eigenvalue weighted by Crippen LogP contribution is -2.12. The molecule has 3 aromatic heterocycles. The van der Waals surface area contributed by atoms with Gasteiger partial charge in [0.1, 0.15) is 0 Å². The summed E-state index contributed by atoms with van der Waals surface area (Å²) in [6.07, 6.45) is 6.80. The molecule has 8 heteroatoms. The average Bonchev–Trinajstić information content (AvgIpc) is 3.24. The minimum Gasteiger partial charge on any atom is -0.367 e. The standard InChI is InChI=1S/C14H15N7O/c1-2-9(8-15-6-1)5-7-16-11-12(17-10-3-4-10)19-14-13(18-11)20-22-21-14/h1-2,6,8,10H,3-5,7H2,(H,16,18,20)(H,17,19,21). The van der Waals surface area contributed by atoms with Crippen molar-refractivity contribution in [3.05, 3.63) is 30.1 Å². The van der Waals surface area contributed by atoms with Crippen LogP contribution in [0, 0.1) is 0 Å². The van der Waals surface area contributed by atoms with E-state index in [-0.39, 0.29) is 0 Å². The molecule has 0 radical (unpaired) electrons. The van der Waals surface area contributed by atoms with Gasteiger partial charge in [0.15, 0.2) is 11.6 Å². The third-order valence-corrected chi connectivity index (χ3v) is 3.46. The zero-order valence-corrected chi connectivity index (χ0v) is 11.9. The van der Waals surface area contributed by atoms with Gasteiger partial charge in [0.2, 0.25) is 11.3 Å². The molecular weight excluding hydrogens is 282 g/mol. The Bertz CT molecular complexity index is 769. The Balaban J connectivity index is 1.51. The highest BCUT2D eigenvalue weighted by atomic mass is 16.6. The normalized spacial score (nSPS) is 14.2. The molecule has 112 valence electrons. The predicted octanol–water partition coefficient (Wildman–Crippen LogP) is 1.64. The maximum absolute atomic E-state index is 4.68. The summed E-state index contributed by atoms with van der Waals surface area (Å²) >= 11 is 0. The lowest BCUT2D eigenvalue weighted by molar-refractivity contribution is 0.314. The zero-order chi connectivity index (χ0) is 14.8. The summed E-state index contributed by atoms with van der Waals surface area (Å²) in [6.45, 7) is 0.733. The summed E-state index contributed by atoms with van der Waals surface area (Å²) < 4.78 is 4.68. The van der Waals surface area contributed by atoms with E-state index >= 15 is 0 Å². The van der Waals surface area contributed by atoms with Gasteiger partial charge in [0.25, 0.3) is 0 Å². The van der Waals surface area contributed by atoms with Crippen LogP contribution in [0.4, 0.5) is 11.6 Å². The van der Waals surface area contributed by atoms with Crippen LogP contribution in [0.5, 0.6) is 0 Å². The third kappa shape index (κ3) is 2.80. The van der Waals surface area contributed by atoms with Gasteiger partial charge in [-0.3, -0.25) is 4.98 Å². The van der Waals surface area contributed by atoms with Crippen molar-refractivity contribution in [3.8, 4) is 0 Å². The Hall–Kier alpha value is -2.77. The molecule has 1 saturated carbocycles. The SMILES string of the molecule is c1cncc(CCNc2nc3nonc3nc2NC2CC2)c1. The Morgan fingerprint density at radius 3 is 2.68 bits per heavy atom. The van der Waals surface area contributed by atoms with E-state index in [4.69, 9.17) is 0 Å². The number of nitrogens with zero attached hydrogens (tertiary/aromatic N) is 5. The molecule has 3 aromatic rings. The van der Waals surface area contributed by atoms with E-state index in [0.29, 0.717) is 29.0 Å². The number of fused-ring (bicyclic) bond motifs is 1. The topological polar surface area (TPSA) is 102 Å². The Kier molecular flexibility index (Phi) is 3.26. The van der Waals surface area contributed by atoms with Crippen LogP contribution in [0.25, 0.3) is 11.3 Å². The van der Waals surface area contributed by atoms with E-state index in [1.807, 2.05) is 12.3 Å². The van der Waals surface area contributed by atoms with Crippen LogP contribution in [0.15, 0.2) is 29.2 Å². The van der Waals surface area contributed by atoms with Gasteiger partial charge in [-0.2, -0.15) is 0 Å². The summed E-state index contributed by atoms with van der Waals surface area (Å²) in [5.41, 5.74) is 2.00. The van der Waals surface area contributed by atoms with Gasteiger partial charge in [0.05, 0.1) is 0 Å². The number of nitrogens with one attached hydrogen (secondary N) is 2. The van der Waals surface area contributed by atoms with Crippen molar-refractivity contribution in [2.45, 2.75) is 25.3 Å². The maximum atomic E-state index is 4.68. The van der Waals surface area contributed by atoms with E-state index < -0.39 is 0 Å². The first kappa shape index (κ1) is 12.9. The summed E-state index contributed by atoms with van der Waals surface area (Å²) in [5.74, 6) is 1.39. The van der Waals surface area contributed by atoms with E-state index in [1.54, 1.807) is 6.20 Å². The molecular formula is C14H15N7O. The van der Waals surface area contributed by atoms with Gasteiger partial charge in [-0.15, -0.1) is 0 Å². The van der Waals surface area contributed by atoms with Gasteiger partial charge in [-0.1, -0.05) is 6.07 Å². The molecule has 1 aliphatic rings. The molecule has 1 fully saturated rings. The molecule has 0 spiro atoms. The molecule has 0 bridgehead atoms. The minimum atomic E-state index is 0.408. The number of pyridine rings is 1. The number of rotatable bonds is 6. The molecule has 0 atom stereocenters. The molecule has 22 heavy (non-hydrogen) atoms. The molecule has 1 aliphatic carbocycles. The van der Waals surface area contributed by atoms with Crippen molar-refractivity contribution in [1.29, 1.82) is 0 Å². The van der Waals surface area contributed by atoms with E-state index in [2.05, 4.69) is 46.6 Å². The van der Waals surface area contributed by atoms with Gasteiger partial charge >= 0.3 is 0 Å². The number of hydrogen-bond acceptors (Lipinski definition) is 8. The van der Waals surface area contributed by atoms with Gasteiger partial charge < -0.3 is 10.6 Å². The van der Waals surface area contributed by atoms with Crippen LogP contribution < -0.4 is 10.6 Å². The van der Waals surface area contributed by atoms with E-state index in [0.717, 1.165) is 25.8 Å². The third-order valence-electron chi connectivity index (χ3n) is 3.46. The second-order valence-corrected chi connectivity index (χ2v) is 5.29. The highest BCUT2D eigenvalue weighted by molar-refractivity contribution is 5.73. The molecule has 8 nitrogen and oxygen atoms in total. The van der Waals surface area contributed by atoms with Crippen molar-refractivity contribution in [1.82, 2.24) is 25.3 Å². The van der Waals surface area contributed by atoms with Crippen LogP contribution >= 0.6 is 0 Å². The fourth-order valence-corrected chi connectivity index (χ4v) is 2.15. The number of anilines is 2. The summed E-state index contributed by atoms with van der Waals surface area (Å²) in [7, 11) is 0. The minimum absolute atomic E-state index is 0.408. The lowest BCUT2D eigenvalue weighted by atomic mass is 10.2. The Morgan fingerprint density at radius 1 is 1.14 bits per heavy atom. The Morgan fingerprint density at radius 2 is 1.95 bits per heavy atom. The Labute approximate surface area is 126 Å². The fraction of sp³-hybridized carbons (Fsp3) is 0.357. The van der Waals surface area contributed by atoms with Crippen molar-refractivity contribution < 1.29 is 4.63 Å². The quantitative estimate of drug-likeness (QED) is 0.708. The number of aromatic nitrogens is 5. The zero-order valence-electron chi connectivity index (χ0n) is 11.9. The maximum Gasteiger partial charge on any atom is 0.245 e. The van der Waals surface area contributed by atoms with Crippen molar-refractivity contribution in [3.63, 3.8) is 0 Å². The van der Waals surface area contributed by atoms with E-state index in [1.165, 1.54) is 5.56 Å². The van der Waals surface area contributed by atoms with Crippen molar-refractivity contribution >= 4 is 22.9 Å². The first-order valence-electron chi connectivity index (χ1n) is 7.28. The van der Waals surface area contributed by atoms with Crippen LogP contribution in [0.1, 0.15) is 18.4 Å². The van der Waals surface area contributed by atoms with Crippen molar-refractivity contribution in [2.24, 2.45) is 0 Å². The molecule has 3 heterocycles. The van der Waals surface area contributed by atoms with Gasteiger partial charge in [-0.05, 0) is 41.2 Å². The molecule has 0 unspecified atom stereocenters. The highest BCUT2D eigenvalue weighted by Crippen LogP contribution is 2.28. The molecule has 2 N–H and O–H groups in total. The second kappa shape index (κ2) is 5.55. The average molecular weight is 297 g/mol.